The Morgan fingerprint density at radius 2 is 1.88 bits per heavy atom. The van der Waals surface area contributed by atoms with Gasteiger partial charge in [-0.15, -0.1) is 0 Å². The van der Waals surface area contributed by atoms with Gasteiger partial charge in [0.15, 0.2) is 0 Å². The number of nitrogen functional groups attached to an aromatic ring is 1. The average Bonchev–Trinajstić information content (AvgIpc) is 2.29. The molecule has 0 spiro atoms. The summed E-state index contributed by atoms with van der Waals surface area (Å²) < 4.78 is 0. The Morgan fingerprint density at radius 3 is 2.44 bits per heavy atom. The van der Waals surface area contributed by atoms with E-state index in [2.05, 4.69) is 32.6 Å². The minimum atomic E-state index is 0.359. The smallest absolute Gasteiger partial charge is 0.243 e. The highest BCUT2D eigenvalue weighted by molar-refractivity contribution is 5.42. The van der Waals surface area contributed by atoms with Crippen LogP contribution < -0.4 is 21.5 Å². The lowest BCUT2D eigenvalue weighted by molar-refractivity contribution is 0.822. The molecule has 0 atom stereocenters. The Morgan fingerprint density at radius 1 is 1.19 bits per heavy atom. The van der Waals surface area contributed by atoms with Crippen molar-refractivity contribution in [1.29, 1.82) is 0 Å². The Kier molecular flexibility index (Phi) is 4.71. The molecule has 0 saturated heterocycles. The van der Waals surface area contributed by atoms with Crippen molar-refractivity contribution in [2.45, 2.75) is 19.8 Å². The minimum Gasteiger partial charge on any atom is -0.354 e. The molecular formula is C9H19N7. The molecule has 4 N–H and O–H groups in total. The number of hydrogen-bond acceptors (Lipinski definition) is 7. The molecule has 1 aromatic heterocycles. The lowest BCUT2D eigenvalue weighted by atomic mass is 10.3. The van der Waals surface area contributed by atoms with Crippen molar-refractivity contribution in [2.24, 2.45) is 5.84 Å². The molecule has 0 aromatic carbocycles. The second-order valence-electron chi connectivity index (χ2n) is 3.60. The molecule has 7 nitrogen and oxygen atoms in total. The first kappa shape index (κ1) is 12.4. The Labute approximate surface area is 95.4 Å². The average molecular weight is 225 g/mol. The Bertz CT molecular complexity index is 326. The zero-order chi connectivity index (χ0) is 12.0. The molecule has 0 radical (unpaired) electrons. The van der Waals surface area contributed by atoms with Crippen molar-refractivity contribution in [3.63, 3.8) is 0 Å². The summed E-state index contributed by atoms with van der Waals surface area (Å²) in [7, 11) is 3.73. The zero-order valence-corrected chi connectivity index (χ0v) is 9.99. The predicted octanol–water partition coefficient (Wildman–Crippen LogP) is 0.435. The van der Waals surface area contributed by atoms with Crippen molar-refractivity contribution in [2.75, 3.05) is 36.3 Å². The van der Waals surface area contributed by atoms with Crippen LogP contribution in [0.4, 0.5) is 17.8 Å². The molecule has 0 aliphatic rings. The maximum atomic E-state index is 5.29. The van der Waals surface area contributed by atoms with Crippen LogP contribution in [0, 0.1) is 0 Å². The van der Waals surface area contributed by atoms with E-state index in [1.807, 2.05) is 14.1 Å². The fraction of sp³-hybridized carbons (Fsp3) is 0.667. The minimum absolute atomic E-state index is 0.359. The summed E-state index contributed by atoms with van der Waals surface area (Å²) in [5.74, 6) is 6.77. The van der Waals surface area contributed by atoms with Crippen LogP contribution in [0.2, 0.25) is 0 Å². The number of nitrogens with zero attached hydrogens (tertiary/aromatic N) is 4. The number of hydrogen-bond donors (Lipinski definition) is 3. The first-order chi connectivity index (χ1) is 7.67. The SMILES string of the molecule is CCCCNc1nc(NN)nc(N(C)C)n1. The first-order valence-electron chi connectivity index (χ1n) is 5.31. The topological polar surface area (TPSA) is 92.0 Å². The molecule has 0 unspecified atom stereocenters. The van der Waals surface area contributed by atoms with Gasteiger partial charge >= 0.3 is 0 Å². The lowest BCUT2D eigenvalue weighted by Crippen LogP contribution is -2.19. The fourth-order valence-corrected chi connectivity index (χ4v) is 1.09. The molecule has 7 heteroatoms. The summed E-state index contributed by atoms with van der Waals surface area (Å²) >= 11 is 0. The molecular weight excluding hydrogens is 206 g/mol. The monoisotopic (exact) mass is 225 g/mol. The molecule has 16 heavy (non-hydrogen) atoms. The van der Waals surface area contributed by atoms with Gasteiger partial charge in [-0.1, -0.05) is 13.3 Å². The third-order valence-corrected chi connectivity index (χ3v) is 1.97. The third kappa shape index (κ3) is 3.50. The van der Waals surface area contributed by atoms with E-state index in [9.17, 15) is 0 Å². The summed E-state index contributed by atoms with van der Waals surface area (Å²) in [6.45, 7) is 2.98. The van der Waals surface area contributed by atoms with Gasteiger partial charge in [0.2, 0.25) is 17.8 Å². The van der Waals surface area contributed by atoms with E-state index in [4.69, 9.17) is 5.84 Å². The molecule has 0 aliphatic carbocycles. The van der Waals surface area contributed by atoms with Crippen LogP contribution in [-0.4, -0.2) is 35.6 Å². The van der Waals surface area contributed by atoms with E-state index >= 15 is 0 Å². The normalized spacial score (nSPS) is 10.0. The van der Waals surface area contributed by atoms with Crippen molar-refractivity contribution in [3.8, 4) is 0 Å². The van der Waals surface area contributed by atoms with Gasteiger partial charge in [0.05, 0.1) is 0 Å². The summed E-state index contributed by atoms with van der Waals surface area (Å²) in [6.07, 6.45) is 2.20. The number of aromatic nitrogens is 3. The van der Waals surface area contributed by atoms with Crippen molar-refractivity contribution >= 4 is 17.8 Å². The van der Waals surface area contributed by atoms with Crippen LogP contribution >= 0.6 is 0 Å². The van der Waals surface area contributed by atoms with Gasteiger partial charge in [0, 0.05) is 20.6 Å². The molecule has 1 heterocycles. The molecule has 1 rings (SSSR count). The van der Waals surface area contributed by atoms with E-state index in [0.717, 1.165) is 19.4 Å². The van der Waals surface area contributed by atoms with Crippen molar-refractivity contribution in [1.82, 2.24) is 15.0 Å². The number of nitrogens with two attached hydrogens (primary N) is 1. The fourth-order valence-electron chi connectivity index (χ4n) is 1.09. The van der Waals surface area contributed by atoms with Crippen molar-refractivity contribution in [3.05, 3.63) is 0 Å². The quantitative estimate of drug-likeness (QED) is 0.367. The van der Waals surface area contributed by atoms with E-state index < -0.39 is 0 Å². The largest absolute Gasteiger partial charge is 0.354 e. The Balaban J connectivity index is 2.78. The van der Waals surface area contributed by atoms with Gasteiger partial charge in [-0.25, -0.2) is 5.84 Å². The van der Waals surface area contributed by atoms with Crippen molar-refractivity contribution < 1.29 is 0 Å². The van der Waals surface area contributed by atoms with Crippen LogP contribution in [0.3, 0.4) is 0 Å². The number of rotatable bonds is 6. The molecule has 0 amide bonds. The van der Waals surface area contributed by atoms with Gasteiger partial charge in [-0.05, 0) is 6.42 Å². The van der Waals surface area contributed by atoms with Crippen LogP contribution in [0.1, 0.15) is 19.8 Å². The first-order valence-corrected chi connectivity index (χ1v) is 5.31. The second kappa shape index (κ2) is 6.06. The standard InChI is InChI=1S/C9H19N7/c1-4-5-6-11-7-12-8(15-10)14-9(13-7)16(2)3/h4-6,10H2,1-3H3,(H2,11,12,13,14,15). The highest BCUT2D eigenvalue weighted by Gasteiger charge is 2.06. The third-order valence-electron chi connectivity index (χ3n) is 1.97. The second-order valence-corrected chi connectivity index (χ2v) is 3.60. The number of nitrogens with one attached hydrogen (secondary N) is 2. The van der Waals surface area contributed by atoms with E-state index in [1.54, 1.807) is 4.90 Å². The number of anilines is 3. The highest BCUT2D eigenvalue weighted by atomic mass is 15.4. The molecule has 0 saturated carbocycles. The number of hydrazine groups is 1. The van der Waals surface area contributed by atoms with Crippen LogP contribution in [-0.2, 0) is 0 Å². The van der Waals surface area contributed by atoms with E-state index in [0.29, 0.717) is 17.8 Å². The van der Waals surface area contributed by atoms with Gasteiger partial charge in [-0.2, -0.15) is 15.0 Å². The maximum absolute atomic E-state index is 5.29. The molecule has 90 valence electrons. The number of unbranched alkanes of at least 4 members (excludes halogenated alkanes) is 1. The lowest BCUT2D eigenvalue weighted by Gasteiger charge is -2.12. The zero-order valence-electron chi connectivity index (χ0n) is 9.99. The molecule has 0 bridgehead atoms. The molecule has 1 aromatic rings. The summed E-state index contributed by atoms with van der Waals surface area (Å²) in [5.41, 5.74) is 2.42. The summed E-state index contributed by atoms with van der Waals surface area (Å²) in [5, 5.41) is 3.13. The summed E-state index contributed by atoms with van der Waals surface area (Å²) in [4.78, 5) is 14.3. The van der Waals surface area contributed by atoms with Crippen LogP contribution in [0.15, 0.2) is 0 Å². The predicted molar refractivity (Wildman–Crippen MR) is 65.4 cm³/mol. The Hall–Kier alpha value is -1.63. The summed E-state index contributed by atoms with van der Waals surface area (Å²) in [6, 6.07) is 0. The van der Waals surface area contributed by atoms with E-state index in [-0.39, 0.29) is 0 Å². The van der Waals surface area contributed by atoms with Crippen LogP contribution in [0.25, 0.3) is 0 Å². The highest BCUT2D eigenvalue weighted by Crippen LogP contribution is 2.10. The molecule has 0 fully saturated rings. The molecule has 0 aliphatic heterocycles. The van der Waals surface area contributed by atoms with Gasteiger partial charge in [0.1, 0.15) is 0 Å². The van der Waals surface area contributed by atoms with Gasteiger partial charge in [-0.3, -0.25) is 5.43 Å². The van der Waals surface area contributed by atoms with Gasteiger partial charge < -0.3 is 10.2 Å². The van der Waals surface area contributed by atoms with E-state index in [1.165, 1.54) is 0 Å². The van der Waals surface area contributed by atoms with Crippen LogP contribution in [0.5, 0.6) is 0 Å². The maximum Gasteiger partial charge on any atom is 0.243 e. The van der Waals surface area contributed by atoms with Gasteiger partial charge in [0.25, 0.3) is 0 Å².